The number of thiazole rings is 1. The van der Waals surface area contributed by atoms with E-state index in [0.717, 1.165) is 16.7 Å². The van der Waals surface area contributed by atoms with Gasteiger partial charge in [-0.1, -0.05) is 6.07 Å². The van der Waals surface area contributed by atoms with Crippen molar-refractivity contribution in [3.8, 4) is 0 Å². The molecule has 2 aromatic rings. The van der Waals surface area contributed by atoms with Crippen LogP contribution in [0.4, 0.5) is 13.2 Å². The number of guanidine groups is 1. The summed E-state index contributed by atoms with van der Waals surface area (Å²) in [6.45, 7) is 4.03. The molecule has 0 aromatic carbocycles. The lowest BCUT2D eigenvalue weighted by Crippen LogP contribution is -2.38. The van der Waals surface area contributed by atoms with Crippen LogP contribution in [0.3, 0.4) is 0 Å². The SMILES string of the molecule is CCNC(=NCCCNC(=O)c1cccs1)NCCc1nc(C(F)(F)F)cs1. The van der Waals surface area contributed by atoms with E-state index in [1.54, 1.807) is 6.07 Å². The highest BCUT2D eigenvalue weighted by Crippen LogP contribution is 2.29. The number of aliphatic imine (C=N–C) groups is 1. The number of nitrogens with zero attached hydrogens (tertiary/aromatic N) is 2. The summed E-state index contributed by atoms with van der Waals surface area (Å²) >= 11 is 2.39. The van der Waals surface area contributed by atoms with Crippen LogP contribution in [0, 0.1) is 0 Å². The Hall–Kier alpha value is -2.14. The zero-order valence-electron chi connectivity index (χ0n) is 15.3. The number of nitrogens with one attached hydrogen (secondary N) is 3. The number of halogens is 3. The average Bonchev–Trinajstić information content (AvgIpc) is 3.32. The van der Waals surface area contributed by atoms with Crippen LogP contribution in [0.2, 0.25) is 0 Å². The van der Waals surface area contributed by atoms with Gasteiger partial charge >= 0.3 is 6.18 Å². The molecule has 3 N–H and O–H groups in total. The van der Waals surface area contributed by atoms with Gasteiger partial charge in [0.15, 0.2) is 11.7 Å². The summed E-state index contributed by atoms with van der Waals surface area (Å²) in [7, 11) is 0. The maximum absolute atomic E-state index is 12.6. The van der Waals surface area contributed by atoms with E-state index >= 15 is 0 Å². The molecule has 0 unspecified atom stereocenters. The van der Waals surface area contributed by atoms with Gasteiger partial charge < -0.3 is 16.0 Å². The summed E-state index contributed by atoms with van der Waals surface area (Å²) < 4.78 is 37.7. The lowest BCUT2D eigenvalue weighted by atomic mass is 10.4. The molecule has 0 saturated carbocycles. The molecule has 11 heteroatoms. The van der Waals surface area contributed by atoms with Crippen molar-refractivity contribution in [2.24, 2.45) is 4.99 Å². The van der Waals surface area contributed by atoms with E-state index in [1.807, 2.05) is 18.4 Å². The average molecular weight is 434 g/mol. The van der Waals surface area contributed by atoms with Crippen LogP contribution in [0.25, 0.3) is 0 Å². The Morgan fingerprint density at radius 3 is 2.68 bits per heavy atom. The van der Waals surface area contributed by atoms with Gasteiger partial charge in [-0.25, -0.2) is 4.98 Å². The number of carbonyl (C=O) groups is 1. The maximum atomic E-state index is 12.6. The molecular weight excluding hydrogens is 411 g/mol. The number of amides is 1. The van der Waals surface area contributed by atoms with Crippen LogP contribution in [0.15, 0.2) is 27.9 Å². The molecule has 0 saturated heterocycles. The number of aromatic nitrogens is 1. The highest BCUT2D eigenvalue weighted by Gasteiger charge is 2.33. The van der Waals surface area contributed by atoms with Crippen molar-refractivity contribution in [1.29, 1.82) is 0 Å². The van der Waals surface area contributed by atoms with E-state index in [4.69, 9.17) is 0 Å². The first-order valence-electron chi connectivity index (χ1n) is 8.75. The van der Waals surface area contributed by atoms with E-state index in [9.17, 15) is 18.0 Å². The molecule has 1 amide bonds. The zero-order chi connectivity index (χ0) is 20.4. The molecule has 0 fully saturated rings. The van der Waals surface area contributed by atoms with Crippen LogP contribution in [-0.4, -0.2) is 43.0 Å². The first-order chi connectivity index (χ1) is 13.4. The Morgan fingerprint density at radius 1 is 1.21 bits per heavy atom. The molecule has 0 radical (unpaired) electrons. The van der Waals surface area contributed by atoms with E-state index in [2.05, 4.69) is 25.9 Å². The summed E-state index contributed by atoms with van der Waals surface area (Å²) in [5.74, 6) is 0.491. The molecule has 6 nitrogen and oxygen atoms in total. The third kappa shape index (κ3) is 7.47. The summed E-state index contributed by atoms with van der Waals surface area (Å²) in [5, 5.41) is 12.3. The smallest absolute Gasteiger partial charge is 0.357 e. The maximum Gasteiger partial charge on any atom is 0.434 e. The van der Waals surface area contributed by atoms with Gasteiger partial charge in [0.1, 0.15) is 0 Å². The van der Waals surface area contributed by atoms with Gasteiger partial charge in [0.05, 0.1) is 9.88 Å². The van der Waals surface area contributed by atoms with Crippen molar-refractivity contribution in [3.05, 3.63) is 38.5 Å². The van der Waals surface area contributed by atoms with Crippen molar-refractivity contribution in [2.75, 3.05) is 26.2 Å². The molecule has 154 valence electrons. The van der Waals surface area contributed by atoms with E-state index in [0.29, 0.717) is 54.9 Å². The Labute approximate surface area is 169 Å². The number of hydrogen-bond donors (Lipinski definition) is 3. The third-order valence-electron chi connectivity index (χ3n) is 3.45. The summed E-state index contributed by atoms with van der Waals surface area (Å²) in [6, 6.07) is 3.60. The van der Waals surface area contributed by atoms with Crippen LogP contribution in [-0.2, 0) is 12.6 Å². The van der Waals surface area contributed by atoms with Gasteiger partial charge in [-0.05, 0) is 24.8 Å². The van der Waals surface area contributed by atoms with E-state index < -0.39 is 11.9 Å². The van der Waals surface area contributed by atoms with Gasteiger partial charge in [-0.15, -0.1) is 22.7 Å². The van der Waals surface area contributed by atoms with Gasteiger partial charge in [0, 0.05) is 38.0 Å². The van der Waals surface area contributed by atoms with Crippen molar-refractivity contribution in [1.82, 2.24) is 20.9 Å². The monoisotopic (exact) mass is 433 g/mol. The molecule has 0 bridgehead atoms. The molecule has 0 spiro atoms. The second-order valence-electron chi connectivity index (χ2n) is 5.65. The lowest BCUT2D eigenvalue weighted by molar-refractivity contribution is -0.140. The fourth-order valence-electron chi connectivity index (χ4n) is 2.15. The quantitative estimate of drug-likeness (QED) is 0.323. The van der Waals surface area contributed by atoms with Gasteiger partial charge in [-0.2, -0.15) is 13.2 Å². The Bertz CT molecular complexity index is 759. The number of alkyl halides is 3. The van der Waals surface area contributed by atoms with Gasteiger partial charge in [-0.3, -0.25) is 9.79 Å². The second-order valence-corrected chi connectivity index (χ2v) is 7.54. The van der Waals surface area contributed by atoms with Gasteiger partial charge in [0.2, 0.25) is 0 Å². The second kappa shape index (κ2) is 11.0. The normalized spacial score (nSPS) is 12.1. The zero-order valence-corrected chi connectivity index (χ0v) is 16.9. The minimum absolute atomic E-state index is 0.0920. The Kier molecular flexibility index (Phi) is 8.71. The molecule has 0 atom stereocenters. The molecule has 0 aliphatic heterocycles. The van der Waals surface area contributed by atoms with Crippen molar-refractivity contribution in [3.63, 3.8) is 0 Å². The highest BCUT2D eigenvalue weighted by atomic mass is 32.1. The molecule has 2 aromatic heterocycles. The number of thiophene rings is 1. The Balaban J connectivity index is 1.69. The highest BCUT2D eigenvalue weighted by molar-refractivity contribution is 7.12. The minimum Gasteiger partial charge on any atom is -0.357 e. The van der Waals surface area contributed by atoms with Crippen LogP contribution in [0.1, 0.15) is 33.7 Å². The topological polar surface area (TPSA) is 78.4 Å². The van der Waals surface area contributed by atoms with Crippen molar-refractivity contribution >= 4 is 34.5 Å². The lowest BCUT2D eigenvalue weighted by Gasteiger charge is -2.10. The minimum atomic E-state index is -4.41. The van der Waals surface area contributed by atoms with Crippen molar-refractivity contribution in [2.45, 2.75) is 25.9 Å². The largest absolute Gasteiger partial charge is 0.434 e. The molecule has 28 heavy (non-hydrogen) atoms. The fraction of sp³-hybridized carbons (Fsp3) is 0.471. The summed E-state index contributed by atoms with van der Waals surface area (Å²) in [4.78, 5) is 20.5. The third-order valence-corrected chi connectivity index (χ3v) is 5.23. The molecule has 2 rings (SSSR count). The van der Waals surface area contributed by atoms with Gasteiger partial charge in [0.25, 0.3) is 5.91 Å². The molecule has 0 aliphatic carbocycles. The molecule has 0 aliphatic rings. The fourth-order valence-corrected chi connectivity index (χ4v) is 3.60. The van der Waals surface area contributed by atoms with Crippen molar-refractivity contribution < 1.29 is 18.0 Å². The predicted octanol–water partition coefficient (Wildman–Crippen LogP) is 3.14. The number of rotatable bonds is 9. The van der Waals surface area contributed by atoms with Crippen LogP contribution >= 0.6 is 22.7 Å². The predicted molar refractivity (Wildman–Crippen MR) is 106 cm³/mol. The standard InChI is InChI=1S/C17H22F3N5OS2/c1-2-21-16(23-8-4-7-22-15(26)12-5-3-10-27-12)24-9-6-14-25-13(11-28-14)17(18,19)20/h3,5,10-11H,2,4,6-9H2,1H3,(H,22,26)(H2,21,23,24). The molecule has 2 heterocycles. The first-order valence-corrected chi connectivity index (χ1v) is 10.5. The number of hydrogen-bond acceptors (Lipinski definition) is 5. The Morgan fingerprint density at radius 2 is 2.04 bits per heavy atom. The van der Waals surface area contributed by atoms with E-state index in [-0.39, 0.29) is 5.91 Å². The van der Waals surface area contributed by atoms with Crippen LogP contribution in [0.5, 0.6) is 0 Å². The summed E-state index contributed by atoms with van der Waals surface area (Å²) in [6.07, 6.45) is -3.35. The van der Waals surface area contributed by atoms with Crippen LogP contribution < -0.4 is 16.0 Å². The summed E-state index contributed by atoms with van der Waals surface area (Å²) in [5.41, 5.74) is -0.849. The first kappa shape index (κ1) is 22.2. The van der Waals surface area contributed by atoms with E-state index in [1.165, 1.54) is 11.3 Å². The molecular formula is C17H22F3N5OS2. The number of carbonyl (C=O) groups excluding carboxylic acids is 1.